The lowest BCUT2D eigenvalue weighted by atomic mass is 9.86. The number of nitrogens with one attached hydrogen (secondary N) is 1. The fraction of sp³-hybridized carbons (Fsp3) is 0.741. The van der Waals surface area contributed by atoms with Gasteiger partial charge in [-0.1, -0.05) is 47.6 Å². The van der Waals surface area contributed by atoms with Gasteiger partial charge < -0.3 is 13.4 Å². The summed E-state index contributed by atoms with van der Waals surface area (Å²) in [6, 6.07) is 6.43. The first-order chi connectivity index (χ1) is 15.9. The molecule has 0 heterocycles. The molecule has 0 bridgehead atoms. The number of hydrogen-bond donors (Lipinski definition) is 1. The lowest BCUT2D eigenvalue weighted by molar-refractivity contribution is 0.0417. The molecule has 1 N–H and O–H groups in total. The maximum absolute atomic E-state index is 14.3. The van der Waals surface area contributed by atoms with E-state index in [1.165, 1.54) is 12.1 Å². The second-order valence-corrected chi connectivity index (χ2v) is 25.5. The highest BCUT2D eigenvalue weighted by molar-refractivity contribution is 7.90. The summed E-state index contributed by atoms with van der Waals surface area (Å²) >= 11 is -1.47. The third kappa shape index (κ3) is 7.89. The summed E-state index contributed by atoms with van der Waals surface area (Å²) in [6.45, 7) is 29.8. The first-order valence-corrected chi connectivity index (χ1v) is 19.6. The number of nitriles is 1. The summed E-state index contributed by atoms with van der Waals surface area (Å²) in [5.74, 6) is -0.583. The van der Waals surface area contributed by atoms with Crippen LogP contribution < -0.4 is 4.72 Å². The van der Waals surface area contributed by atoms with Gasteiger partial charge >= 0.3 is 0 Å². The zero-order chi connectivity index (χ0) is 28.5. The topological polar surface area (TPSA) is 77.3 Å². The summed E-state index contributed by atoms with van der Waals surface area (Å²) in [5, 5.41) is 9.46. The van der Waals surface area contributed by atoms with Gasteiger partial charge in [0.2, 0.25) is 0 Å². The highest BCUT2D eigenvalue weighted by atomic mass is 32.2. The van der Waals surface area contributed by atoms with Gasteiger partial charge in [-0.25, -0.2) is 4.39 Å². The van der Waals surface area contributed by atoms with Crippen LogP contribution in [-0.2, 0) is 25.8 Å². The number of halogens is 1. The molecule has 0 saturated heterocycles. The molecule has 0 aliphatic carbocycles. The summed E-state index contributed by atoms with van der Waals surface area (Å²) < 4.78 is 44.3. The van der Waals surface area contributed by atoms with Gasteiger partial charge in [-0.3, -0.25) is 0 Å². The van der Waals surface area contributed by atoms with Crippen molar-refractivity contribution in [3.8, 4) is 6.07 Å². The van der Waals surface area contributed by atoms with E-state index in [-0.39, 0.29) is 22.2 Å². The average molecular weight is 557 g/mol. The predicted octanol–water partition coefficient (Wildman–Crippen LogP) is 7.38. The largest absolute Gasteiger partial charge is 0.598 e. The third-order valence-corrected chi connectivity index (χ3v) is 18.5. The van der Waals surface area contributed by atoms with Crippen LogP contribution in [-0.4, -0.2) is 38.6 Å². The van der Waals surface area contributed by atoms with E-state index in [1.54, 1.807) is 6.07 Å². The lowest BCUT2D eigenvalue weighted by Crippen LogP contribution is -2.61. The van der Waals surface area contributed by atoms with E-state index in [2.05, 4.69) is 72.5 Å². The van der Waals surface area contributed by atoms with Crippen molar-refractivity contribution >= 4 is 28.0 Å². The molecule has 206 valence electrons. The van der Waals surface area contributed by atoms with Crippen molar-refractivity contribution in [3.63, 3.8) is 0 Å². The Morgan fingerprint density at radius 1 is 0.972 bits per heavy atom. The van der Waals surface area contributed by atoms with Crippen molar-refractivity contribution in [2.45, 2.75) is 122 Å². The van der Waals surface area contributed by atoms with E-state index in [4.69, 9.17) is 8.85 Å². The van der Waals surface area contributed by atoms with Crippen LogP contribution in [0.15, 0.2) is 18.2 Å². The van der Waals surface area contributed by atoms with Crippen molar-refractivity contribution in [2.24, 2.45) is 0 Å². The number of nitrogens with zero attached hydrogens (tertiary/aromatic N) is 1. The van der Waals surface area contributed by atoms with Crippen LogP contribution in [0.3, 0.4) is 0 Å². The first-order valence-electron chi connectivity index (χ1n) is 12.6. The Kier molecular flexibility index (Phi) is 10.3. The highest BCUT2D eigenvalue weighted by Crippen LogP contribution is 2.42. The number of rotatable bonds is 9. The average Bonchev–Trinajstić information content (AvgIpc) is 2.68. The molecule has 3 atom stereocenters. The van der Waals surface area contributed by atoms with Crippen LogP contribution in [0, 0.1) is 17.1 Å². The minimum Gasteiger partial charge on any atom is -0.598 e. The quantitative estimate of drug-likeness (QED) is 0.254. The number of benzene rings is 1. The molecule has 0 saturated carbocycles. The van der Waals surface area contributed by atoms with Gasteiger partial charge in [0.1, 0.15) is 22.2 Å². The minimum absolute atomic E-state index is 0.00354. The van der Waals surface area contributed by atoms with Crippen molar-refractivity contribution in [3.05, 3.63) is 35.1 Å². The Bertz CT molecular complexity index is 946. The fourth-order valence-electron chi connectivity index (χ4n) is 2.94. The molecule has 0 radical (unpaired) electrons. The van der Waals surface area contributed by atoms with E-state index in [0.29, 0.717) is 5.56 Å². The van der Waals surface area contributed by atoms with Crippen molar-refractivity contribution in [1.29, 1.82) is 5.26 Å². The molecule has 0 amide bonds. The van der Waals surface area contributed by atoms with Crippen LogP contribution in [0.25, 0.3) is 0 Å². The van der Waals surface area contributed by atoms with Gasteiger partial charge in [-0.05, 0) is 81.7 Å². The molecule has 0 spiro atoms. The summed E-state index contributed by atoms with van der Waals surface area (Å²) in [5.41, 5.74) is -0.436. The fourth-order valence-corrected chi connectivity index (χ4v) is 6.25. The highest BCUT2D eigenvalue weighted by Gasteiger charge is 2.50. The molecular weight excluding hydrogens is 508 g/mol. The zero-order valence-corrected chi connectivity index (χ0v) is 27.8. The monoisotopic (exact) mass is 556 g/mol. The molecule has 1 unspecified atom stereocenters. The molecule has 0 aliphatic rings. The van der Waals surface area contributed by atoms with E-state index < -0.39 is 50.2 Å². The second kappa shape index (κ2) is 11.2. The summed E-state index contributed by atoms with van der Waals surface area (Å²) in [4.78, 5) is 0. The molecule has 5 nitrogen and oxygen atoms in total. The third-order valence-electron chi connectivity index (χ3n) is 7.84. The molecule has 1 aromatic carbocycles. The Balaban J connectivity index is 3.78. The summed E-state index contributed by atoms with van der Waals surface area (Å²) in [6.07, 6.45) is -0.532. The molecule has 1 rings (SSSR count). The number of hydrogen-bond acceptors (Lipinski definition) is 5. The van der Waals surface area contributed by atoms with Gasteiger partial charge in [0, 0.05) is 11.4 Å². The van der Waals surface area contributed by atoms with E-state index in [0.717, 1.165) is 0 Å². The van der Waals surface area contributed by atoms with Gasteiger partial charge in [-0.2, -0.15) is 5.26 Å². The maximum atomic E-state index is 14.3. The molecule has 0 aliphatic heterocycles. The Labute approximate surface area is 225 Å². The predicted molar refractivity (Wildman–Crippen MR) is 155 cm³/mol. The standard InChI is InChI=1S/C27H49FN2O3SSi2/c1-24(2,3)34(31)30-27(10,21-15-16-22(28)20(17-21)18-29)23(33-36(13,14)26(7,8)9)19-32-35(11,12)25(4,5)6/h15-17,23,30H,19H2,1-14H3/t23-,27+,34?/m1/s1. The van der Waals surface area contributed by atoms with Crippen molar-refractivity contribution in [1.82, 2.24) is 4.72 Å². The van der Waals surface area contributed by atoms with Crippen molar-refractivity contribution < 1.29 is 17.8 Å². The molecule has 36 heavy (non-hydrogen) atoms. The van der Waals surface area contributed by atoms with Crippen molar-refractivity contribution in [2.75, 3.05) is 6.61 Å². The molecule has 1 aromatic rings. The maximum Gasteiger partial charge on any atom is 0.192 e. The molecule has 9 heteroatoms. The van der Waals surface area contributed by atoms with Gasteiger partial charge in [0.05, 0.1) is 18.3 Å². The van der Waals surface area contributed by atoms with E-state index in [1.807, 2.05) is 33.8 Å². The van der Waals surface area contributed by atoms with Gasteiger partial charge in [-0.15, -0.1) is 4.72 Å². The Morgan fingerprint density at radius 3 is 1.89 bits per heavy atom. The first kappa shape index (κ1) is 33.3. The van der Waals surface area contributed by atoms with Crippen LogP contribution in [0.5, 0.6) is 0 Å². The smallest absolute Gasteiger partial charge is 0.192 e. The molecule has 0 aromatic heterocycles. The second-order valence-electron chi connectivity index (χ2n) is 13.9. The van der Waals surface area contributed by atoms with Crippen LogP contribution >= 0.6 is 0 Å². The normalized spacial score (nSPS) is 17.3. The Hall–Kier alpha value is -0.736. The van der Waals surface area contributed by atoms with Crippen LogP contribution in [0.4, 0.5) is 4.39 Å². The lowest BCUT2D eigenvalue weighted by Gasteiger charge is -2.47. The Morgan fingerprint density at radius 2 is 1.47 bits per heavy atom. The van der Waals surface area contributed by atoms with Gasteiger partial charge in [0.15, 0.2) is 16.6 Å². The summed E-state index contributed by atoms with van der Waals surface area (Å²) in [7, 11) is -4.48. The zero-order valence-electron chi connectivity index (χ0n) is 25.0. The minimum atomic E-state index is -2.33. The molecular formula is C27H49FN2O3SSi2. The SMILES string of the molecule is CC(C)(C)[S+]([O-])N[C@@](C)(c1ccc(F)c(C#N)c1)[C@@H](CO[Si](C)(C)C(C)(C)C)O[Si](C)(C)C(C)(C)C. The van der Waals surface area contributed by atoms with Crippen LogP contribution in [0.2, 0.25) is 36.3 Å². The van der Waals surface area contributed by atoms with E-state index in [9.17, 15) is 14.2 Å². The van der Waals surface area contributed by atoms with E-state index >= 15 is 0 Å². The van der Waals surface area contributed by atoms with Gasteiger partial charge in [0.25, 0.3) is 0 Å². The molecule has 0 fully saturated rings. The van der Waals surface area contributed by atoms with Crippen LogP contribution in [0.1, 0.15) is 80.4 Å².